The van der Waals surface area contributed by atoms with Crippen molar-refractivity contribution in [1.82, 2.24) is 5.32 Å². The van der Waals surface area contributed by atoms with Crippen LogP contribution >= 0.6 is 0 Å². The van der Waals surface area contributed by atoms with Gasteiger partial charge in [0.05, 0.1) is 6.61 Å². The summed E-state index contributed by atoms with van der Waals surface area (Å²) in [6.45, 7) is 3.46. The number of hydrogen-bond acceptors (Lipinski definition) is 2. The van der Waals surface area contributed by atoms with Crippen LogP contribution in [-0.4, -0.2) is 13.2 Å². The van der Waals surface area contributed by atoms with Crippen LogP contribution < -0.4 is 10.1 Å². The van der Waals surface area contributed by atoms with Crippen molar-refractivity contribution in [3.63, 3.8) is 0 Å². The number of halogens is 1. The lowest BCUT2D eigenvalue weighted by atomic mass is 9.86. The van der Waals surface area contributed by atoms with E-state index in [9.17, 15) is 4.39 Å². The second-order valence-electron chi connectivity index (χ2n) is 5.44. The van der Waals surface area contributed by atoms with Crippen molar-refractivity contribution in [3.05, 3.63) is 65.5 Å². The topological polar surface area (TPSA) is 21.3 Å². The van der Waals surface area contributed by atoms with Gasteiger partial charge in [0.25, 0.3) is 0 Å². The zero-order chi connectivity index (χ0) is 14.7. The van der Waals surface area contributed by atoms with Crippen molar-refractivity contribution in [2.75, 3.05) is 13.2 Å². The molecule has 0 saturated heterocycles. The van der Waals surface area contributed by atoms with Gasteiger partial charge >= 0.3 is 0 Å². The van der Waals surface area contributed by atoms with Crippen LogP contribution in [0.5, 0.6) is 5.75 Å². The summed E-state index contributed by atoms with van der Waals surface area (Å²) in [6.07, 6.45) is 0.905. The summed E-state index contributed by atoms with van der Waals surface area (Å²) in [6, 6.07) is 15.1. The first-order valence-corrected chi connectivity index (χ1v) is 7.48. The van der Waals surface area contributed by atoms with Gasteiger partial charge in [0.1, 0.15) is 11.6 Å². The van der Waals surface area contributed by atoms with Crippen LogP contribution in [0.2, 0.25) is 0 Å². The van der Waals surface area contributed by atoms with Gasteiger partial charge in [0, 0.05) is 17.5 Å². The Hall–Kier alpha value is -1.87. The third-order valence-electron chi connectivity index (χ3n) is 4.04. The van der Waals surface area contributed by atoms with Crippen LogP contribution in [0.25, 0.3) is 0 Å². The van der Waals surface area contributed by atoms with E-state index in [-0.39, 0.29) is 17.8 Å². The predicted molar refractivity (Wildman–Crippen MR) is 81.9 cm³/mol. The number of fused-ring (bicyclic) bond motifs is 1. The lowest BCUT2D eigenvalue weighted by molar-refractivity contribution is 0.183. The summed E-state index contributed by atoms with van der Waals surface area (Å²) in [5, 5.41) is 3.42. The molecule has 2 aromatic carbocycles. The third-order valence-corrected chi connectivity index (χ3v) is 4.04. The molecule has 0 bridgehead atoms. The van der Waals surface area contributed by atoms with E-state index in [1.54, 1.807) is 6.07 Å². The molecule has 0 spiro atoms. The van der Waals surface area contributed by atoms with Gasteiger partial charge in [-0.25, -0.2) is 4.39 Å². The second-order valence-corrected chi connectivity index (χ2v) is 5.44. The smallest absolute Gasteiger partial charge is 0.127 e. The average Bonchev–Trinajstić information content (AvgIpc) is 2.53. The van der Waals surface area contributed by atoms with Crippen LogP contribution in [-0.2, 0) is 6.42 Å². The van der Waals surface area contributed by atoms with Gasteiger partial charge in [-0.05, 0) is 30.7 Å². The van der Waals surface area contributed by atoms with E-state index in [2.05, 4.69) is 11.4 Å². The first kappa shape index (κ1) is 14.1. The minimum atomic E-state index is -0.151. The highest BCUT2D eigenvalue weighted by molar-refractivity contribution is 5.36. The molecule has 1 aliphatic rings. The Labute approximate surface area is 125 Å². The average molecular weight is 285 g/mol. The molecule has 2 aromatic rings. The molecule has 0 aliphatic carbocycles. The molecule has 1 heterocycles. The highest BCUT2D eigenvalue weighted by Crippen LogP contribution is 2.34. The first-order chi connectivity index (χ1) is 10.3. The Morgan fingerprint density at radius 3 is 2.76 bits per heavy atom. The summed E-state index contributed by atoms with van der Waals surface area (Å²) in [4.78, 5) is 0. The molecular formula is C18H20FNO. The van der Waals surface area contributed by atoms with E-state index in [0.717, 1.165) is 24.3 Å². The van der Waals surface area contributed by atoms with Gasteiger partial charge < -0.3 is 10.1 Å². The van der Waals surface area contributed by atoms with E-state index in [1.165, 1.54) is 11.6 Å². The van der Waals surface area contributed by atoms with Gasteiger partial charge in [0.15, 0.2) is 0 Å². The number of hydrogen-bond donors (Lipinski definition) is 1. The third kappa shape index (κ3) is 2.93. The molecule has 3 heteroatoms. The molecular weight excluding hydrogens is 265 g/mol. The van der Waals surface area contributed by atoms with E-state index >= 15 is 0 Å². The van der Waals surface area contributed by atoms with E-state index in [4.69, 9.17) is 4.74 Å². The molecule has 0 radical (unpaired) electrons. The molecule has 21 heavy (non-hydrogen) atoms. The Balaban J connectivity index is 1.88. The highest BCUT2D eigenvalue weighted by Gasteiger charge is 2.29. The van der Waals surface area contributed by atoms with E-state index < -0.39 is 0 Å². The molecule has 0 amide bonds. The Bertz CT molecular complexity index is 614. The summed E-state index contributed by atoms with van der Waals surface area (Å²) in [5.74, 6) is 1.04. The standard InChI is InChI=1S/C18H20FNO/c1-2-20-18(15-8-4-5-9-16(15)19)14-11-13-7-3-6-10-17(13)21-12-14/h3-10,14,18,20H,2,11-12H2,1H3. The van der Waals surface area contributed by atoms with Crippen molar-refractivity contribution in [1.29, 1.82) is 0 Å². The maximum absolute atomic E-state index is 14.1. The van der Waals surface area contributed by atoms with Gasteiger partial charge in [-0.2, -0.15) is 0 Å². The Kier molecular flexibility index (Phi) is 4.20. The summed E-state index contributed by atoms with van der Waals surface area (Å²) >= 11 is 0. The number of para-hydroxylation sites is 1. The van der Waals surface area contributed by atoms with Crippen LogP contribution in [0.15, 0.2) is 48.5 Å². The lowest BCUT2D eigenvalue weighted by Gasteiger charge is -2.32. The minimum Gasteiger partial charge on any atom is -0.493 e. The number of ether oxygens (including phenoxy) is 1. The van der Waals surface area contributed by atoms with Crippen molar-refractivity contribution >= 4 is 0 Å². The van der Waals surface area contributed by atoms with E-state index in [0.29, 0.717) is 6.61 Å². The molecule has 2 atom stereocenters. The van der Waals surface area contributed by atoms with Crippen LogP contribution in [0.1, 0.15) is 24.1 Å². The van der Waals surface area contributed by atoms with Gasteiger partial charge in [-0.3, -0.25) is 0 Å². The fourth-order valence-electron chi connectivity index (χ4n) is 3.04. The zero-order valence-corrected chi connectivity index (χ0v) is 12.2. The fraction of sp³-hybridized carbons (Fsp3) is 0.333. The fourth-order valence-corrected chi connectivity index (χ4v) is 3.04. The van der Waals surface area contributed by atoms with Crippen LogP contribution in [0.3, 0.4) is 0 Å². The Morgan fingerprint density at radius 1 is 1.19 bits per heavy atom. The van der Waals surface area contributed by atoms with E-state index in [1.807, 2.05) is 37.3 Å². The minimum absolute atomic E-state index is 0.0236. The Morgan fingerprint density at radius 2 is 1.95 bits per heavy atom. The van der Waals surface area contributed by atoms with Crippen molar-refractivity contribution in [3.8, 4) is 5.75 Å². The van der Waals surface area contributed by atoms with Gasteiger partial charge in [-0.1, -0.05) is 43.3 Å². The van der Waals surface area contributed by atoms with Gasteiger partial charge in [-0.15, -0.1) is 0 Å². The predicted octanol–water partition coefficient (Wildman–Crippen LogP) is 3.73. The molecule has 110 valence electrons. The maximum atomic E-state index is 14.1. The normalized spacial score (nSPS) is 18.7. The zero-order valence-electron chi connectivity index (χ0n) is 12.2. The number of nitrogens with one attached hydrogen (secondary N) is 1. The second kappa shape index (κ2) is 6.27. The summed E-state index contributed by atoms with van der Waals surface area (Å²) < 4.78 is 20.0. The monoisotopic (exact) mass is 285 g/mol. The maximum Gasteiger partial charge on any atom is 0.127 e. The SMILES string of the molecule is CCNC(c1ccccc1F)C1COc2ccccc2C1. The quantitative estimate of drug-likeness (QED) is 0.924. The van der Waals surface area contributed by atoms with Gasteiger partial charge in [0.2, 0.25) is 0 Å². The number of benzene rings is 2. The summed E-state index contributed by atoms with van der Waals surface area (Å²) in [7, 11) is 0. The van der Waals surface area contributed by atoms with Crippen LogP contribution in [0.4, 0.5) is 4.39 Å². The van der Waals surface area contributed by atoms with Crippen molar-refractivity contribution in [2.45, 2.75) is 19.4 Å². The molecule has 0 fully saturated rings. The summed E-state index contributed by atoms with van der Waals surface area (Å²) in [5.41, 5.74) is 1.93. The number of rotatable bonds is 4. The van der Waals surface area contributed by atoms with Crippen molar-refractivity contribution in [2.24, 2.45) is 5.92 Å². The highest BCUT2D eigenvalue weighted by atomic mass is 19.1. The van der Waals surface area contributed by atoms with Crippen LogP contribution in [0, 0.1) is 11.7 Å². The molecule has 1 aliphatic heterocycles. The molecule has 0 saturated carbocycles. The molecule has 1 N–H and O–H groups in total. The molecule has 2 unspecified atom stereocenters. The van der Waals surface area contributed by atoms with Crippen molar-refractivity contribution < 1.29 is 9.13 Å². The largest absolute Gasteiger partial charge is 0.493 e. The molecule has 2 nitrogen and oxygen atoms in total. The first-order valence-electron chi connectivity index (χ1n) is 7.48. The lowest BCUT2D eigenvalue weighted by Crippen LogP contribution is -2.35. The molecule has 3 rings (SSSR count). The molecule has 0 aromatic heterocycles.